The zero-order chi connectivity index (χ0) is 11.3. The number of hydrogen-bond acceptors (Lipinski definition) is 2. The molecule has 0 spiro atoms. The van der Waals surface area contributed by atoms with E-state index in [-0.39, 0.29) is 5.91 Å². The van der Waals surface area contributed by atoms with Crippen molar-refractivity contribution in [3.63, 3.8) is 0 Å². The van der Waals surface area contributed by atoms with Gasteiger partial charge in [0.15, 0.2) is 0 Å². The van der Waals surface area contributed by atoms with Crippen molar-refractivity contribution in [1.82, 2.24) is 9.80 Å². The van der Waals surface area contributed by atoms with Crippen molar-refractivity contribution in [2.24, 2.45) is 4.99 Å². The summed E-state index contributed by atoms with van der Waals surface area (Å²) in [5.74, 6) is 0.193. The van der Waals surface area contributed by atoms with Gasteiger partial charge in [-0.2, -0.15) is 0 Å². The molecule has 1 heterocycles. The van der Waals surface area contributed by atoms with Crippen LogP contribution in [0, 0.1) is 0 Å². The molecular formula is C11H21N3O. The van der Waals surface area contributed by atoms with E-state index in [0.717, 1.165) is 32.5 Å². The number of rotatable bonds is 3. The molecule has 1 aliphatic rings. The van der Waals surface area contributed by atoms with E-state index in [0.29, 0.717) is 6.04 Å². The van der Waals surface area contributed by atoms with Gasteiger partial charge in [0.2, 0.25) is 5.91 Å². The van der Waals surface area contributed by atoms with E-state index in [2.05, 4.69) is 16.9 Å². The summed E-state index contributed by atoms with van der Waals surface area (Å²) in [7, 11) is 2.06. The number of aliphatic imine (C=N–C) groups is 1. The number of hydrogen-bond donors (Lipinski definition) is 0. The molecule has 0 atom stereocenters. The van der Waals surface area contributed by atoms with E-state index in [4.69, 9.17) is 0 Å². The minimum atomic E-state index is 0.193. The smallest absolute Gasteiger partial charge is 0.219 e. The molecular weight excluding hydrogens is 190 g/mol. The molecule has 1 aliphatic heterocycles. The lowest BCUT2D eigenvalue weighted by Gasteiger charge is -2.35. The predicted molar refractivity (Wildman–Crippen MR) is 62.1 cm³/mol. The highest BCUT2D eigenvalue weighted by Gasteiger charge is 2.22. The first-order valence-corrected chi connectivity index (χ1v) is 5.62. The molecule has 86 valence electrons. The Balaban J connectivity index is 2.36. The fourth-order valence-corrected chi connectivity index (χ4v) is 1.89. The third-order valence-electron chi connectivity index (χ3n) is 2.93. The predicted octanol–water partition coefficient (Wildman–Crippen LogP) is 0.977. The average Bonchev–Trinajstić information content (AvgIpc) is 2.26. The van der Waals surface area contributed by atoms with E-state index in [1.807, 2.05) is 18.2 Å². The summed E-state index contributed by atoms with van der Waals surface area (Å²) in [6, 6.07) is 0.538. The molecule has 0 aromatic rings. The van der Waals surface area contributed by atoms with Crippen LogP contribution in [0.2, 0.25) is 0 Å². The van der Waals surface area contributed by atoms with Crippen LogP contribution in [0.5, 0.6) is 0 Å². The first kappa shape index (κ1) is 12.0. The van der Waals surface area contributed by atoms with Gasteiger partial charge in [-0.3, -0.25) is 9.79 Å². The fourth-order valence-electron chi connectivity index (χ4n) is 1.89. The number of nitrogens with zero attached hydrogens (tertiary/aromatic N) is 3. The van der Waals surface area contributed by atoms with Crippen LogP contribution in [0.15, 0.2) is 4.99 Å². The first-order chi connectivity index (χ1) is 7.15. The quantitative estimate of drug-likeness (QED) is 0.515. The van der Waals surface area contributed by atoms with Crippen LogP contribution in [-0.2, 0) is 4.79 Å². The van der Waals surface area contributed by atoms with Crippen molar-refractivity contribution in [1.29, 1.82) is 0 Å². The van der Waals surface area contributed by atoms with Gasteiger partial charge in [0, 0.05) is 39.6 Å². The second-order valence-corrected chi connectivity index (χ2v) is 4.02. The van der Waals surface area contributed by atoms with Gasteiger partial charge < -0.3 is 9.80 Å². The van der Waals surface area contributed by atoms with Crippen molar-refractivity contribution >= 4 is 12.2 Å². The highest BCUT2D eigenvalue weighted by molar-refractivity contribution is 5.73. The number of carbonyl (C=O) groups excluding carboxylic acids is 1. The van der Waals surface area contributed by atoms with Crippen molar-refractivity contribution < 1.29 is 4.79 Å². The monoisotopic (exact) mass is 211 g/mol. The Bertz CT molecular complexity index is 232. The van der Waals surface area contributed by atoms with Crippen molar-refractivity contribution in [2.75, 3.05) is 26.7 Å². The molecule has 4 nitrogen and oxygen atoms in total. The Kier molecular flexibility index (Phi) is 4.59. The van der Waals surface area contributed by atoms with Gasteiger partial charge in [-0.1, -0.05) is 0 Å². The van der Waals surface area contributed by atoms with Crippen molar-refractivity contribution in [3.8, 4) is 0 Å². The van der Waals surface area contributed by atoms with Gasteiger partial charge in [-0.15, -0.1) is 0 Å². The summed E-state index contributed by atoms with van der Waals surface area (Å²) >= 11 is 0. The molecule has 4 heteroatoms. The summed E-state index contributed by atoms with van der Waals surface area (Å²) in [5.41, 5.74) is 0. The van der Waals surface area contributed by atoms with Gasteiger partial charge in [0.05, 0.1) is 6.34 Å². The number of amides is 1. The van der Waals surface area contributed by atoms with Crippen LogP contribution in [0.4, 0.5) is 0 Å². The van der Waals surface area contributed by atoms with Crippen LogP contribution >= 0.6 is 0 Å². The number of piperidine rings is 1. The molecule has 15 heavy (non-hydrogen) atoms. The van der Waals surface area contributed by atoms with Gasteiger partial charge >= 0.3 is 0 Å². The standard InChI is InChI=1S/C11H21N3O/c1-4-12-9-13(3)11-5-7-14(8-6-11)10(2)15/h9,11H,4-8H2,1-3H3. The van der Waals surface area contributed by atoms with Gasteiger partial charge in [-0.05, 0) is 19.8 Å². The molecule has 1 amide bonds. The molecule has 0 radical (unpaired) electrons. The zero-order valence-corrected chi connectivity index (χ0v) is 9.94. The Morgan fingerprint density at radius 3 is 2.60 bits per heavy atom. The Hall–Kier alpha value is -1.06. The molecule has 0 aromatic heterocycles. The normalized spacial score (nSPS) is 18.5. The lowest BCUT2D eigenvalue weighted by molar-refractivity contribution is -0.130. The lowest BCUT2D eigenvalue weighted by atomic mass is 10.0. The van der Waals surface area contributed by atoms with E-state index >= 15 is 0 Å². The van der Waals surface area contributed by atoms with Gasteiger partial charge in [0.1, 0.15) is 0 Å². The number of likely N-dealkylation sites (tertiary alicyclic amines) is 1. The maximum absolute atomic E-state index is 11.1. The summed E-state index contributed by atoms with van der Waals surface area (Å²) in [6.45, 7) is 6.26. The van der Waals surface area contributed by atoms with E-state index in [1.165, 1.54) is 0 Å². The molecule has 1 saturated heterocycles. The molecule has 0 bridgehead atoms. The number of carbonyl (C=O) groups is 1. The van der Waals surface area contributed by atoms with Crippen LogP contribution in [0.25, 0.3) is 0 Å². The highest BCUT2D eigenvalue weighted by atomic mass is 16.2. The SMILES string of the molecule is CCN=CN(C)C1CCN(C(C)=O)CC1. The Labute approximate surface area is 92.0 Å². The molecule has 1 fully saturated rings. The molecule has 0 aliphatic carbocycles. The lowest BCUT2D eigenvalue weighted by Crippen LogP contribution is -2.44. The van der Waals surface area contributed by atoms with Crippen LogP contribution in [-0.4, -0.2) is 54.8 Å². The van der Waals surface area contributed by atoms with Crippen molar-refractivity contribution in [2.45, 2.75) is 32.7 Å². The van der Waals surface area contributed by atoms with E-state index < -0.39 is 0 Å². The molecule has 0 N–H and O–H groups in total. The summed E-state index contributed by atoms with van der Waals surface area (Å²) in [4.78, 5) is 19.4. The molecule has 0 unspecified atom stereocenters. The third kappa shape index (κ3) is 3.53. The molecule has 0 saturated carbocycles. The Morgan fingerprint density at radius 2 is 2.13 bits per heavy atom. The second-order valence-electron chi connectivity index (χ2n) is 4.02. The van der Waals surface area contributed by atoms with Gasteiger partial charge in [0.25, 0.3) is 0 Å². The van der Waals surface area contributed by atoms with Crippen LogP contribution in [0.1, 0.15) is 26.7 Å². The van der Waals surface area contributed by atoms with E-state index in [9.17, 15) is 4.79 Å². The second kappa shape index (κ2) is 5.73. The summed E-state index contributed by atoms with van der Waals surface area (Å²) < 4.78 is 0. The minimum Gasteiger partial charge on any atom is -0.363 e. The molecule has 0 aromatic carbocycles. The van der Waals surface area contributed by atoms with Crippen LogP contribution in [0.3, 0.4) is 0 Å². The van der Waals surface area contributed by atoms with Crippen molar-refractivity contribution in [3.05, 3.63) is 0 Å². The summed E-state index contributed by atoms with van der Waals surface area (Å²) in [5, 5.41) is 0. The largest absolute Gasteiger partial charge is 0.363 e. The minimum absolute atomic E-state index is 0.193. The third-order valence-corrected chi connectivity index (χ3v) is 2.93. The summed E-state index contributed by atoms with van der Waals surface area (Å²) in [6.07, 6.45) is 4.01. The average molecular weight is 211 g/mol. The zero-order valence-electron chi connectivity index (χ0n) is 9.94. The van der Waals surface area contributed by atoms with E-state index in [1.54, 1.807) is 6.92 Å². The maximum Gasteiger partial charge on any atom is 0.219 e. The van der Waals surface area contributed by atoms with Crippen LogP contribution < -0.4 is 0 Å². The highest BCUT2D eigenvalue weighted by Crippen LogP contribution is 2.14. The maximum atomic E-state index is 11.1. The van der Waals surface area contributed by atoms with Gasteiger partial charge in [-0.25, -0.2) is 0 Å². The Morgan fingerprint density at radius 1 is 1.53 bits per heavy atom. The first-order valence-electron chi connectivity index (χ1n) is 5.62. The fraction of sp³-hybridized carbons (Fsp3) is 0.818. The topological polar surface area (TPSA) is 35.9 Å². The molecule has 1 rings (SSSR count).